The molecule has 4 nitrogen and oxygen atoms in total. The van der Waals surface area contributed by atoms with Gasteiger partial charge in [0.1, 0.15) is 9.96 Å². The molecule has 2 N–H and O–H groups in total. The fourth-order valence-electron chi connectivity index (χ4n) is 2.14. The van der Waals surface area contributed by atoms with Crippen molar-refractivity contribution >= 4 is 21.4 Å². The first-order valence-electron chi connectivity index (χ1n) is 6.59. The van der Waals surface area contributed by atoms with E-state index in [-0.39, 0.29) is 10.3 Å². The van der Waals surface area contributed by atoms with Gasteiger partial charge in [0.05, 0.1) is 6.10 Å². The minimum atomic E-state index is -3.64. The molecule has 0 fully saturated rings. The lowest BCUT2D eigenvalue weighted by Crippen LogP contribution is -2.09. The van der Waals surface area contributed by atoms with Gasteiger partial charge in [-0.15, -0.1) is 11.3 Å². The Kier molecular flexibility index (Phi) is 4.41. The van der Waals surface area contributed by atoms with Gasteiger partial charge >= 0.3 is 0 Å². The molecule has 1 aromatic heterocycles. The minimum Gasteiger partial charge on any atom is -0.490 e. The summed E-state index contributed by atoms with van der Waals surface area (Å²) in [5, 5.41) is 5.15. The summed E-state index contributed by atoms with van der Waals surface area (Å²) in [6.07, 6.45) is 0.115. The number of rotatable bonds is 4. The molecule has 0 spiro atoms. The Labute approximate surface area is 129 Å². The summed E-state index contributed by atoms with van der Waals surface area (Å²) in [6.45, 7) is 7.96. The molecule has 0 radical (unpaired) electrons. The van der Waals surface area contributed by atoms with Crippen LogP contribution < -0.4 is 9.88 Å². The molecular formula is C15H19NO3S2. The molecule has 2 rings (SSSR count). The smallest absolute Gasteiger partial charge is 0.247 e. The average molecular weight is 325 g/mol. The molecule has 21 heavy (non-hydrogen) atoms. The molecule has 1 aromatic carbocycles. The van der Waals surface area contributed by atoms with Crippen molar-refractivity contribution in [1.29, 1.82) is 0 Å². The summed E-state index contributed by atoms with van der Waals surface area (Å²) >= 11 is 1.18. The number of benzene rings is 1. The zero-order chi connectivity index (χ0) is 15.8. The Hall–Kier alpha value is -1.37. The number of aryl methyl sites for hydroxylation is 2. The van der Waals surface area contributed by atoms with Crippen molar-refractivity contribution in [2.24, 2.45) is 5.14 Å². The van der Waals surface area contributed by atoms with Crippen LogP contribution in [0.3, 0.4) is 0 Å². The predicted octanol–water partition coefficient (Wildman–Crippen LogP) is 3.47. The van der Waals surface area contributed by atoms with Crippen LogP contribution in [0.4, 0.5) is 0 Å². The second kappa shape index (κ2) is 5.79. The largest absolute Gasteiger partial charge is 0.490 e. The van der Waals surface area contributed by atoms with Crippen LogP contribution in [-0.4, -0.2) is 14.5 Å². The first-order chi connectivity index (χ1) is 9.68. The first-order valence-corrected chi connectivity index (χ1v) is 8.95. The van der Waals surface area contributed by atoms with E-state index in [9.17, 15) is 8.42 Å². The van der Waals surface area contributed by atoms with Crippen LogP contribution in [0.15, 0.2) is 28.5 Å². The highest BCUT2D eigenvalue weighted by molar-refractivity contribution is 7.91. The van der Waals surface area contributed by atoms with Gasteiger partial charge in [0.25, 0.3) is 0 Å². The van der Waals surface area contributed by atoms with E-state index >= 15 is 0 Å². The number of thiophene rings is 1. The molecule has 0 bridgehead atoms. The fourth-order valence-corrected chi connectivity index (χ4v) is 3.86. The van der Waals surface area contributed by atoms with Crippen LogP contribution in [0.25, 0.3) is 10.4 Å². The maximum absolute atomic E-state index is 11.4. The first kappa shape index (κ1) is 16.0. The molecule has 0 aliphatic carbocycles. The highest BCUT2D eigenvalue weighted by Crippen LogP contribution is 2.35. The van der Waals surface area contributed by atoms with Crippen molar-refractivity contribution < 1.29 is 13.2 Å². The molecule has 0 aliphatic heterocycles. The van der Waals surface area contributed by atoms with Crippen molar-refractivity contribution in [2.75, 3.05) is 0 Å². The molecule has 0 saturated heterocycles. The Bertz CT molecular complexity index is 738. The average Bonchev–Trinajstić information content (AvgIpc) is 2.82. The number of primary sulfonamides is 1. The highest BCUT2D eigenvalue weighted by Gasteiger charge is 2.14. The molecule has 0 amide bonds. The molecule has 0 atom stereocenters. The van der Waals surface area contributed by atoms with Crippen LogP contribution in [0, 0.1) is 13.8 Å². The number of hydrogen-bond acceptors (Lipinski definition) is 4. The fraction of sp³-hybridized carbons (Fsp3) is 0.333. The third-order valence-corrected chi connectivity index (χ3v) is 5.53. The number of hydrogen-bond donors (Lipinski definition) is 1. The zero-order valence-electron chi connectivity index (χ0n) is 12.5. The number of nitrogens with two attached hydrogens (primary N) is 1. The Morgan fingerprint density at radius 2 is 1.71 bits per heavy atom. The van der Waals surface area contributed by atoms with E-state index in [0.29, 0.717) is 0 Å². The van der Waals surface area contributed by atoms with Gasteiger partial charge in [0, 0.05) is 4.88 Å². The van der Waals surface area contributed by atoms with Gasteiger partial charge in [-0.1, -0.05) is 0 Å². The summed E-state index contributed by atoms with van der Waals surface area (Å²) in [6, 6.07) is 7.33. The summed E-state index contributed by atoms with van der Waals surface area (Å²) in [5.74, 6) is 0.886. The highest BCUT2D eigenvalue weighted by atomic mass is 32.2. The lowest BCUT2D eigenvalue weighted by atomic mass is 10.0. The molecule has 0 unspecified atom stereocenters. The normalized spacial score (nSPS) is 11.9. The molecule has 0 saturated carbocycles. The van der Waals surface area contributed by atoms with Crippen LogP contribution in [-0.2, 0) is 10.0 Å². The third-order valence-electron chi connectivity index (χ3n) is 2.96. The van der Waals surface area contributed by atoms with Gasteiger partial charge in [-0.25, -0.2) is 13.6 Å². The maximum atomic E-state index is 11.4. The Balaban J connectivity index is 2.44. The zero-order valence-corrected chi connectivity index (χ0v) is 14.1. The standard InChI is InChI=1S/C15H19NO3S2/c1-9(2)19-15-10(3)7-12(8-11(15)4)13-5-6-14(20-13)21(16,17)18/h5-9H,1-4H3,(H2,16,17,18). The minimum absolute atomic E-state index is 0.115. The quantitative estimate of drug-likeness (QED) is 0.936. The van der Waals surface area contributed by atoms with Gasteiger partial charge in [-0.2, -0.15) is 0 Å². The van der Waals surface area contributed by atoms with Gasteiger partial charge in [-0.05, 0) is 68.7 Å². The maximum Gasteiger partial charge on any atom is 0.247 e. The summed E-state index contributed by atoms with van der Waals surface area (Å²) < 4.78 is 28.7. The van der Waals surface area contributed by atoms with Crippen molar-refractivity contribution in [3.63, 3.8) is 0 Å². The second-order valence-corrected chi connectivity index (χ2v) is 8.14. The van der Waals surface area contributed by atoms with Crippen LogP contribution >= 0.6 is 11.3 Å². The lowest BCUT2D eigenvalue weighted by Gasteiger charge is -2.16. The van der Waals surface area contributed by atoms with Crippen LogP contribution in [0.5, 0.6) is 5.75 Å². The molecule has 2 aromatic rings. The Morgan fingerprint density at radius 3 is 2.14 bits per heavy atom. The van der Waals surface area contributed by atoms with Gasteiger partial charge in [0.15, 0.2) is 0 Å². The van der Waals surface area contributed by atoms with Crippen LogP contribution in [0.1, 0.15) is 25.0 Å². The molecule has 0 aliphatic rings. The van der Waals surface area contributed by atoms with Crippen LogP contribution in [0.2, 0.25) is 0 Å². The van der Waals surface area contributed by atoms with E-state index < -0.39 is 10.0 Å². The van der Waals surface area contributed by atoms with E-state index in [4.69, 9.17) is 9.88 Å². The third kappa shape index (κ3) is 3.64. The lowest BCUT2D eigenvalue weighted by molar-refractivity contribution is 0.239. The van der Waals surface area contributed by atoms with Crippen molar-refractivity contribution in [3.8, 4) is 16.2 Å². The number of ether oxygens (including phenoxy) is 1. The van der Waals surface area contributed by atoms with Gasteiger partial charge in [0.2, 0.25) is 10.0 Å². The van der Waals surface area contributed by atoms with Crippen molar-refractivity contribution in [1.82, 2.24) is 0 Å². The molecule has 1 heterocycles. The SMILES string of the molecule is Cc1cc(-c2ccc(S(N)(=O)=O)s2)cc(C)c1OC(C)C. The van der Waals surface area contributed by atoms with Gasteiger partial charge in [-0.3, -0.25) is 0 Å². The molecule has 6 heteroatoms. The van der Waals surface area contributed by atoms with Gasteiger partial charge < -0.3 is 4.74 Å². The summed E-state index contributed by atoms with van der Waals surface area (Å²) in [4.78, 5) is 0.876. The number of sulfonamides is 1. The summed E-state index contributed by atoms with van der Waals surface area (Å²) in [7, 11) is -3.64. The summed E-state index contributed by atoms with van der Waals surface area (Å²) in [5.41, 5.74) is 3.04. The van der Waals surface area contributed by atoms with E-state index in [0.717, 1.165) is 27.3 Å². The monoisotopic (exact) mass is 325 g/mol. The predicted molar refractivity (Wildman–Crippen MR) is 86.4 cm³/mol. The van der Waals surface area contributed by atoms with E-state index in [1.165, 1.54) is 11.3 Å². The molecular weight excluding hydrogens is 306 g/mol. The van der Waals surface area contributed by atoms with E-state index in [1.807, 2.05) is 39.8 Å². The van der Waals surface area contributed by atoms with E-state index in [2.05, 4.69) is 0 Å². The van der Waals surface area contributed by atoms with E-state index in [1.54, 1.807) is 12.1 Å². The topological polar surface area (TPSA) is 69.4 Å². The van der Waals surface area contributed by atoms with Crippen molar-refractivity contribution in [2.45, 2.75) is 38.0 Å². The Morgan fingerprint density at radius 1 is 1.14 bits per heavy atom. The van der Waals surface area contributed by atoms with Crippen molar-refractivity contribution in [3.05, 3.63) is 35.4 Å². The molecule has 114 valence electrons. The second-order valence-electron chi connectivity index (χ2n) is 5.27.